The van der Waals surface area contributed by atoms with Crippen molar-refractivity contribution in [3.05, 3.63) is 62.8 Å². The second-order valence-corrected chi connectivity index (χ2v) is 7.01. The van der Waals surface area contributed by atoms with Crippen LogP contribution in [0.1, 0.15) is 10.4 Å². The molecule has 6 nitrogen and oxygen atoms in total. The smallest absolute Gasteiger partial charge is 0.339 e. The van der Waals surface area contributed by atoms with Crippen LogP contribution in [0.2, 0.25) is 5.02 Å². The van der Waals surface area contributed by atoms with Crippen molar-refractivity contribution < 1.29 is 19.1 Å². The van der Waals surface area contributed by atoms with Crippen molar-refractivity contribution in [2.24, 2.45) is 0 Å². The molecule has 2 aromatic carbocycles. The summed E-state index contributed by atoms with van der Waals surface area (Å²) in [6.45, 7) is -0.251. The Morgan fingerprint density at radius 2 is 2.00 bits per heavy atom. The molecule has 1 heterocycles. The summed E-state index contributed by atoms with van der Waals surface area (Å²) in [6.07, 6.45) is 1.63. The van der Waals surface area contributed by atoms with Crippen LogP contribution in [-0.2, 0) is 9.53 Å². The lowest BCUT2D eigenvalue weighted by Gasteiger charge is -2.13. The third-order valence-electron chi connectivity index (χ3n) is 3.70. The van der Waals surface area contributed by atoms with Crippen LogP contribution in [0.15, 0.2) is 48.7 Å². The molecule has 0 radical (unpaired) electrons. The Hall–Kier alpha value is -2.39. The second kappa shape index (κ2) is 8.53. The first kappa shape index (κ1) is 19.4. The molecular formula is C19H14ClIN2O4. The number of carbonyl (C=O) groups excluding carboxylic acids is 2. The van der Waals surface area contributed by atoms with Gasteiger partial charge in [0.1, 0.15) is 5.52 Å². The molecule has 1 aromatic heterocycles. The number of amides is 1. The number of rotatable bonds is 5. The molecule has 0 saturated carbocycles. The van der Waals surface area contributed by atoms with Gasteiger partial charge in [0.2, 0.25) is 0 Å². The largest absolute Gasteiger partial charge is 0.480 e. The van der Waals surface area contributed by atoms with E-state index < -0.39 is 11.9 Å². The SMILES string of the molecule is COC(=O)c1ccccc1NC(=O)COc1c(I)cc(Cl)c2cccnc12. The fourth-order valence-electron chi connectivity index (χ4n) is 2.49. The molecule has 8 heteroatoms. The highest BCUT2D eigenvalue weighted by Crippen LogP contribution is 2.34. The van der Waals surface area contributed by atoms with Gasteiger partial charge in [-0.15, -0.1) is 0 Å². The van der Waals surface area contributed by atoms with Crippen molar-refractivity contribution in [3.63, 3.8) is 0 Å². The Morgan fingerprint density at radius 1 is 1.22 bits per heavy atom. The molecule has 1 N–H and O–H groups in total. The highest BCUT2D eigenvalue weighted by Gasteiger charge is 2.16. The van der Waals surface area contributed by atoms with Crippen molar-refractivity contribution in [2.75, 3.05) is 19.0 Å². The summed E-state index contributed by atoms with van der Waals surface area (Å²) in [6, 6.07) is 12.0. The fraction of sp³-hybridized carbons (Fsp3) is 0.105. The zero-order valence-electron chi connectivity index (χ0n) is 14.2. The van der Waals surface area contributed by atoms with E-state index in [4.69, 9.17) is 21.1 Å². The van der Waals surface area contributed by atoms with Crippen LogP contribution in [0.5, 0.6) is 5.75 Å². The Balaban J connectivity index is 1.78. The van der Waals surface area contributed by atoms with Crippen LogP contribution in [-0.4, -0.2) is 30.6 Å². The third kappa shape index (κ3) is 4.30. The van der Waals surface area contributed by atoms with E-state index in [1.165, 1.54) is 7.11 Å². The number of nitrogens with one attached hydrogen (secondary N) is 1. The lowest BCUT2D eigenvalue weighted by atomic mass is 10.2. The highest BCUT2D eigenvalue weighted by molar-refractivity contribution is 14.1. The number of halogens is 2. The number of carbonyl (C=O) groups is 2. The van der Waals surface area contributed by atoms with Gasteiger partial charge in [0.15, 0.2) is 12.4 Å². The summed E-state index contributed by atoms with van der Waals surface area (Å²) < 4.78 is 11.2. The van der Waals surface area contributed by atoms with Crippen molar-refractivity contribution >= 4 is 62.7 Å². The summed E-state index contributed by atoms with van der Waals surface area (Å²) in [7, 11) is 1.28. The van der Waals surface area contributed by atoms with Gasteiger partial charge in [0.05, 0.1) is 27.0 Å². The molecule has 1 amide bonds. The number of hydrogen-bond donors (Lipinski definition) is 1. The van der Waals surface area contributed by atoms with Crippen molar-refractivity contribution in [1.29, 1.82) is 0 Å². The number of para-hydroxylation sites is 1. The van der Waals surface area contributed by atoms with Gasteiger partial charge in [0, 0.05) is 11.6 Å². The molecule has 0 spiro atoms. The van der Waals surface area contributed by atoms with Gasteiger partial charge in [-0.05, 0) is 52.9 Å². The quantitative estimate of drug-likeness (QED) is 0.421. The van der Waals surface area contributed by atoms with Gasteiger partial charge >= 0.3 is 5.97 Å². The molecule has 138 valence electrons. The Bertz CT molecular complexity index is 1030. The highest BCUT2D eigenvalue weighted by atomic mass is 127. The number of nitrogens with zero attached hydrogens (tertiary/aromatic N) is 1. The van der Waals surface area contributed by atoms with Gasteiger partial charge in [-0.25, -0.2) is 4.79 Å². The Kier molecular flexibility index (Phi) is 6.12. The molecule has 0 aliphatic rings. The number of pyridine rings is 1. The van der Waals surface area contributed by atoms with E-state index in [-0.39, 0.29) is 12.2 Å². The van der Waals surface area contributed by atoms with E-state index in [1.807, 2.05) is 6.07 Å². The first-order chi connectivity index (χ1) is 13.0. The first-order valence-corrected chi connectivity index (χ1v) is 9.29. The van der Waals surface area contributed by atoms with E-state index >= 15 is 0 Å². The zero-order valence-corrected chi connectivity index (χ0v) is 17.1. The number of aromatic nitrogens is 1. The molecule has 0 aliphatic carbocycles. The third-order valence-corrected chi connectivity index (χ3v) is 4.82. The summed E-state index contributed by atoms with van der Waals surface area (Å²) in [5, 5.41) is 3.96. The maximum atomic E-state index is 12.3. The minimum atomic E-state index is -0.533. The van der Waals surface area contributed by atoms with Crippen molar-refractivity contribution in [1.82, 2.24) is 4.98 Å². The average Bonchev–Trinajstić information content (AvgIpc) is 2.67. The van der Waals surface area contributed by atoms with Gasteiger partial charge in [0.25, 0.3) is 5.91 Å². The van der Waals surface area contributed by atoms with Crippen LogP contribution in [0.25, 0.3) is 10.9 Å². The Morgan fingerprint density at radius 3 is 2.78 bits per heavy atom. The molecule has 3 aromatic rings. The number of hydrogen-bond acceptors (Lipinski definition) is 5. The summed E-state index contributed by atoms with van der Waals surface area (Å²) in [5.41, 5.74) is 1.20. The summed E-state index contributed by atoms with van der Waals surface area (Å²) >= 11 is 8.32. The van der Waals surface area contributed by atoms with Crippen molar-refractivity contribution in [2.45, 2.75) is 0 Å². The number of ether oxygens (including phenoxy) is 2. The molecule has 0 saturated heterocycles. The second-order valence-electron chi connectivity index (χ2n) is 5.44. The lowest BCUT2D eigenvalue weighted by molar-refractivity contribution is -0.118. The molecular weight excluding hydrogens is 483 g/mol. The zero-order chi connectivity index (χ0) is 19.4. The molecule has 27 heavy (non-hydrogen) atoms. The predicted octanol–water partition coefficient (Wildman–Crippen LogP) is 4.30. The number of fused-ring (bicyclic) bond motifs is 1. The van der Waals surface area contributed by atoms with Crippen molar-refractivity contribution in [3.8, 4) is 5.75 Å². The van der Waals surface area contributed by atoms with Crippen LogP contribution in [0, 0.1) is 3.57 Å². The van der Waals surface area contributed by atoms with E-state index in [0.29, 0.717) is 22.0 Å². The Labute approximate surface area is 174 Å². The number of esters is 1. The van der Waals surface area contributed by atoms with Gasteiger partial charge in [-0.2, -0.15) is 0 Å². The summed E-state index contributed by atoms with van der Waals surface area (Å²) in [5.74, 6) is -0.470. The first-order valence-electron chi connectivity index (χ1n) is 7.84. The molecule has 0 unspecified atom stereocenters. The van der Waals surface area contributed by atoms with E-state index in [1.54, 1.807) is 42.6 Å². The maximum Gasteiger partial charge on any atom is 0.339 e. The minimum Gasteiger partial charge on any atom is -0.480 e. The minimum absolute atomic E-state index is 0.251. The van der Waals surface area contributed by atoms with E-state index in [9.17, 15) is 9.59 Å². The van der Waals surface area contributed by atoms with Gasteiger partial charge in [-0.1, -0.05) is 23.7 Å². The van der Waals surface area contributed by atoms with Crippen LogP contribution < -0.4 is 10.1 Å². The molecule has 0 aliphatic heterocycles. The van der Waals surface area contributed by atoms with Crippen LogP contribution in [0.3, 0.4) is 0 Å². The van der Waals surface area contributed by atoms with Gasteiger partial charge < -0.3 is 14.8 Å². The lowest BCUT2D eigenvalue weighted by Crippen LogP contribution is -2.22. The average molecular weight is 497 g/mol. The van der Waals surface area contributed by atoms with Crippen LogP contribution >= 0.6 is 34.2 Å². The van der Waals surface area contributed by atoms with Crippen LogP contribution in [0.4, 0.5) is 5.69 Å². The monoisotopic (exact) mass is 496 g/mol. The topological polar surface area (TPSA) is 77.5 Å². The molecule has 0 atom stereocenters. The molecule has 0 fully saturated rings. The molecule has 0 bridgehead atoms. The van der Waals surface area contributed by atoms with Gasteiger partial charge in [-0.3, -0.25) is 9.78 Å². The summed E-state index contributed by atoms with van der Waals surface area (Å²) in [4.78, 5) is 28.4. The van der Waals surface area contributed by atoms with E-state index in [2.05, 4.69) is 32.9 Å². The number of methoxy groups -OCH3 is 1. The number of benzene rings is 2. The fourth-order valence-corrected chi connectivity index (χ4v) is 3.66. The van der Waals surface area contributed by atoms with E-state index in [0.717, 1.165) is 8.96 Å². The normalized spacial score (nSPS) is 10.5. The maximum absolute atomic E-state index is 12.3. The standard InChI is InChI=1S/C19H14ClIN2O4/c1-26-19(25)12-5-2-3-7-15(12)23-16(24)10-27-18-14(21)9-13(20)11-6-4-8-22-17(11)18/h2-9H,10H2,1H3,(H,23,24). The predicted molar refractivity (Wildman–Crippen MR) is 111 cm³/mol. The number of anilines is 1. The molecule has 3 rings (SSSR count).